The number of rotatable bonds is 3. The maximum Gasteiger partial charge on any atom is 0.249 e. The first-order valence-corrected chi connectivity index (χ1v) is 7.37. The van der Waals surface area contributed by atoms with Gasteiger partial charge in [0.1, 0.15) is 6.04 Å². The maximum absolute atomic E-state index is 12.2. The molecule has 2 fully saturated rings. The standard InChI is InChI=1S/C14H23N3O3/c1-8(9-3-2-4-10(15)7-9)13(19)16-11-5-6-12(18)17-14(11)20/h8-11H,2-7,15H2,1H3,(H,16,19)(H,17,18,20). The van der Waals surface area contributed by atoms with Crippen LogP contribution in [0.15, 0.2) is 0 Å². The summed E-state index contributed by atoms with van der Waals surface area (Å²) < 4.78 is 0. The van der Waals surface area contributed by atoms with Crippen LogP contribution >= 0.6 is 0 Å². The number of imide groups is 1. The highest BCUT2D eigenvalue weighted by Crippen LogP contribution is 2.29. The van der Waals surface area contributed by atoms with Crippen molar-refractivity contribution in [3.05, 3.63) is 0 Å². The number of nitrogens with one attached hydrogen (secondary N) is 2. The van der Waals surface area contributed by atoms with Gasteiger partial charge in [-0.15, -0.1) is 0 Å². The minimum atomic E-state index is -0.583. The molecule has 1 heterocycles. The Labute approximate surface area is 118 Å². The topological polar surface area (TPSA) is 101 Å². The summed E-state index contributed by atoms with van der Waals surface area (Å²) in [6, 6.07) is -0.403. The van der Waals surface area contributed by atoms with Crippen molar-refractivity contribution in [1.29, 1.82) is 0 Å². The third-order valence-corrected chi connectivity index (χ3v) is 4.43. The first-order chi connectivity index (χ1) is 9.47. The lowest BCUT2D eigenvalue weighted by Gasteiger charge is -2.31. The second kappa shape index (κ2) is 6.35. The summed E-state index contributed by atoms with van der Waals surface area (Å²) in [6.45, 7) is 1.89. The minimum absolute atomic E-state index is 0.112. The number of nitrogens with two attached hydrogens (primary N) is 1. The summed E-state index contributed by atoms with van der Waals surface area (Å²) in [5.74, 6) is -0.647. The van der Waals surface area contributed by atoms with Gasteiger partial charge in [0.15, 0.2) is 0 Å². The van der Waals surface area contributed by atoms with Crippen molar-refractivity contribution in [3.8, 4) is 0 Å². The summed E-state index contributed by atoms with van der Waals surface area (Å²) in [7, 11) is 0. The smallest absolute Gasteiger partial charge is 0.249 e. The molecule has 0 bridgehead atoms. The number of carbonyl (C=O) groups is 3. The Kier molecular flexibility index (Phi) is 4.75. The Bertz CT molecular complexity index is 410. The number of piperidine rings is 1. The average molecular weight is 281 g/mol. The normalized spacial score (nSPS) is 32.4. The molecule has 112 valence electrons. The third-order valence-electron chi connectivity index (χ3n) is 4.43. The molecule has 0 radical (unpaired) electrons. The van der Waals surface area contributed by atoms with Crippen LogP contribution in [0, 0.1) is 11.8 Å². The molecule has 20 heavy (non-hydrogen) atoms. The van der Waals surface area contributed by atoms with E-state index in [0.29, 0.717) is 6.42 Å². The van der Waals surface area contributed by atoms with Crippen molar-refractivity contribution < 1.29 is 14.4 Å². The summed E-state index contributed by atoms with van der Waals surface area (Å²) in [5, 5.41) is 5.00. The van der Waals surface area contributed by atoms with Gasteiger partial charge < -0.3 is 11.1 Å². The lowest BCUT2D eigenvalue weighted by molar-refractivity contribution is -0.138. The van der Waals surface area contributed by atoms with E-state index in [2.05, 4.69) is 10.6 Å². The predicted molar refractivity (Wildman–Crippen MR) is 73.4 cm³/mol. The zero-order chi connectivity index (χ0) is 14.7. The molecule has 4 unspecified atom stereocenters. The fourth-order valence-electron chi connectivity index (χ4n) is 3.07. The lowest BCUT2D eigenvalue weighted by atomic mass is 9.78. The van der Waals surface area contributed by atoms with E-state index in [0.717, 1.165) is 25.7 Å². The van der Waals surface area contributed by atoms with Crippen LogP contribution in [0.4, 0.5) is 0 Å². The number of hydrogen-bond acceptors (Lipinski definition) is 4. The van der Waals surface area contributed by atoms with Gasteiger partial charge in [-0.05, 0) is 31.6 Å². The Morgan fingerprint density at radius 2 is 2.10 bits per heavy atom. The molecule has 1 aliphatic heterocycles. The number of amides is 3. The van der Waals surface area contributed by atoms with Crippen LogP contribution in [0.1, 0.15) is 45.4 Å². The fourth-order valence-corrected chi connectivity index (χ4v) is 3.07. The lowest BCUT2D eigenvalue weighted by Crippen LogP contribution is -2.53. The molecule has 1 aliphatic carbocycles. The first kappa shape index (κ1) is 15.0. The van der Waals surface area contributed by atoms with Gasteiger partial charge in [-0.1, -0.05) is 13.3 Å². The van der Waals surface area contributed by atoms with E-state index in [1.807, 2.05) is 6.92 Å². The molecular formula is C14H23N3O3. The van der Waals surface area contributed by atoms with Crippen LogP contribution < -0.4 is 16.4 Å². The van der Waals surface area contributed by atoms with Gasteiger partial charge in [-0.3, -0.25) is 19.7 Å². The Balaban J connectivity index is 1.87. The van der Waals surface area contributed by atoms with Crippen LogP contribution in [0.25, 0.3) is 0 Å². The SMILES string of the molecule is CC(C(=O)NC1CCC(=O)NC1=O)C1CCCC(N)C1. The average Bonchev–Trinajstić information content (AvgIpc) is 2.41. The van der Waals surface area contributed by atoms with Gasteiger partial charge in [0, 0.05) is 18.4 Å². The zero-order valence-corrected chi connectivity index (χ0v) is 11.9. The summed E-state index contributed by atoms with van der Waals surface area (Å²) in [6.07, 6.45) is 4.62. The molecule has 6 heteroatoms. The Morgan fingerprint density at radius 1 is 1.35 bits per heavy atom. The first-order valence-electron chi connectivity index (χ1n) is 7.37. The summed E-state index contributed by atoms with van der Waals surface area (Å²) in [5.41, 5.74) is 5.95. The summed E-state index contributed by atoms with van der Waals surface area (Å²) >= 11 is 0. The highest BCUT2D eigenvalue weighted by molar-refractivity contribution is 6.01. The van der Waals surface area contributed by atoms with Crippen LogP contribution in [0.5, 0.6) is 0 Å². The van der Waals surface area contributed by atoms with Crippen LogP contribution in [-0.2, 0) is 14.4 Å². The van der Waals surface area contributed by atoms with Crippen LogP contribution in [0.2, 0.25) is 0 Å². The molecular weight excluding hydrogens is 258 g/mol. The highest BCUT2D eigenvalue weighted by Gasteiger charge is 2.32. The van der Waals surface area contributed by atoms with Gasteiger partial charge in [-0.2, -0.15) is 0 Å². The van der Waals surface area contributed by atoms with E-state index >= 15 is 0 Å². The second-order valence-corrected chi connectivity index (χ2v) is 5.99. The molecule has 0 aromatic heterocycles. The Hall–Kier alpha value is -1.43. The van der Waals surface area contributed by atoms with Crippen molar-refractivity contribution in [2.45, 2.75) is 57.5 Å². The largest absolute Gasteiger partial charge is 0.344 e. The molecule has 4 N–H and O–H groups in total. The molecule has 3 amide bonds. The quantitative estimate of drug-likeness (QED) is 0.637. The van der Waals surface area contributed by atoms with E-state index in [1.54, 1.807) is 0 Å². The highest BCUT2D eigenvalue weighted by atomic mass is 16.2. The van der Waals surface area contributed by atoms with Crippen molar-refractivity contribution in [2.75, 3.05) is 0 Å². The van der Waals surface area contributed by atoms with Gasteiger partial charge in [0.2, 0.25) is 17.7 Å². The van der Waals surface area contributed by atoms with E-state index in [9.17, 15) is 14.4 Å². The molecule has 1 saturated heterocycles. The molecule has 2 rings (SSSR count). The van der Waals surface area contributed by atoms with Gasteiger partial charge >= 0.3 is 0 Å². The van der Waals surface area contributed by atoms with E-state index in [1.165, 1.54) is 0 Å². The monoisotopic (exact) mass is 281 g/mol. The number of carbonyl (C=O) groups excluding carboxylic acids is 3. The van der Waals surface area contributed by atoms with Crippen LogP contribution in [-0.4, -0.2) is 29.8 Å². The van der Waals surface area contributed by atoms with Crippen molar-refractivity contribution in [2.24, 2.45) is 17.6 Å². The molecule has 6 nitrogen and oxygen atoms in total. The number of hydrogen-bond donors (Lipinski definition) is 3. The van der Waals surface area contributed by atoms with Crippen molar-refractivity contribution in [3.63, 3.8) is 0 Å². The molecule has 0 aromatic carbocycles. The predicted octanol–water partition coefficient (Wildman–Crippen LogP) is 0.0614. The molecule has 0 spiro atoms. The van der Waals surface area contributed by atoms with Crippen molar-refractivity contribution >= 4 is 17.7 Å². The molecule has 1 saturated carbocycles. The van der Waals surface area contributed by atoms with E-state index < -0.39 is 11.9 Å². The zero-order valence-electron chi connectivity index (χ0n) is 11.9. The summed E-state index contributed by atoms with van der Waals surface area (Å²) in [4.78, 5) is 34.9. The van der Waals surface area contributed by atoms with Crippen LogP contribution in [0.3, 0.4) is 0 Å². The van der Waals surface area contributed by atoms with Gasteiger partial charge in [0.25, 0.3) is 0 Å². The molecule has 4 atom stereocenters. The minimum Gasteiger partial charge on any atom is -0.344 e. The van der Waals surface area contributed by atoms with E-state index in [-0.39, 0.29) is 36.1 Å². The molecule has 0 aromatic rings. The van der Waals surface area contributed by atoms with E-state index in [4.69, 9.17) is 5.73 Å². The maximum atomic E-state index is 12.2. The van der Waals surface area contributed by atoms with Gasteiger partial charge in [-0.25, -0.2) is 0 Å². The van der Waals surface area contributed by atoms with Gasteiger partial charge in [0.05, 0.1) is 0 Å². The fraction of sp³-hybridized carbons (Fsp3) is 0.786. The molecule has 2 aliphatic rings. The third kappa shape index (κ3) is 3.56. The second-order valence-electron chi connectivity index (χ2n) is 5.99. The Morgan fingerprint density at radius 3 is 2.75 bits per heavy atom. The van der Waals surface area contributed by atoms with Crippen molar-refractivity contribution in [1.82, 2.24) is 10.6 Å².